The highest BCUT2D eigenvalue weighted by Gasteiger charge is 2.25. The summed E-state index contributed by atoms with van der Waals surface area (Å²) in [6.45, 7) is 0. The molecule has 2 aliphatic rings. The number of carbonyl (C=O) groups excluding carboxylic acids is 3. The van der Waals surface area contributed by atoms with Gasteiger partial charge in [0.1, 0.15) is 5.58 Å². The second-order valence-electron chi connectivity index (χ2n) is 6.27. The van der Waals surface area contributed by atoms with E-state index < -0.39 is 0 Å². The monoisotopic (exact) mass is 368 g/mol. The molecule has 1 saturated carbocycles. The first-order chi connectivity index (χ1) is 12.6. The number of carbonyl (C=O) groups is 3. The summed E-state index contributed by atoms with van der Waals surface area (Å²) in [6, 6.07) is 5.77. The molecule has 0 unspecified atom stereocenters. The topological polar surface area (TPSA) is 88.4 Å². The van der Waals surface area contributed by atoms with E-state index in [1.807, 2.05) is 12.1 Å². The molecule has 6 nitrogen and oxygen atoms in total. The van der Waals surface area contributed by atoms with Crippen LogP contribution in [0.3, 0.4) is 0 Å². The maximum Gasteiger partial charge on any atom is 0.290 e. The normalized spacial score (nSPS) is 19.3. The lowest BCUT2D eigenvalue weighted by Gasteiger charge is -2.25. The van der Waals surface area contributed by atoms with Crippen molar-refractivity contribution in [1.82, 2.24) is 10.6 Å². The zero-order chi connectivity index (χ0) is 18.1. The van der Waals surface area contributed by atoms with Crippen molar-refractivity contribution >= 4 is 51.9 Å². The van der Waals surface area contributed by atoms with Crippen LogP contribution in [0.25, 0.3) is 23.1 Å². The van der Waals surface area contributed by atoms with Crippen molar-refractivity contribution in [2.45, 2.75) is 25.3 Å². The van der Waals surface area contributed by atoms with Gasteiger partial charge in [-0.2, -0.15) is 0 Å². The molecular formula is C19H16N2O4S. The summed E-state index contributed by atoms with van der Waals surface area (Å²) < 4.78 is 5.52. The van der Waals surface area contributed by atoms with Gasteiger partial charge in [0.25, 0.3) is 11.1 Å². The van der Waals surface area contributed by atoms with Gasteiger partial charge in [0.05, 0.1) is 11.2 Å². The van der Waals surface area contributed by atoms with Gasteiger partial charge in [-0.15, -0.1) is 0 Å². The van der Waals surface area contributed by atoms with Gasteiger partial charge in [-0.1, -0.05) is 6.07 Å². The van der Waals surface area contributed by atoms with Crippen molar-refractivity contribution in [1.29, 1.82) is 0 Å². The van der Waals surface area contributed by atoms with Gasteiger partial charge in [-0.3, -0.25) is 19.7 Å². The molecule has 0 spiro atoms. The van der Waals surface area contributed by atoms with Crippen LogP contribution in [-0.4, -0.2) is 23.1 Å². The molecule has 0 radical (unpaired) electrons. The van der Waals surface area contributed by atoms with Crippen molar-refractivity contribution in [3.05, 3.63) is 46.6 Å². The Morgan fingerprint density at radius 3 is 2.85 bits per heavy atom. The van der Waals surface area contributed by atoms with E-state index in [0.29, 0.717) is 16.5 Å². The first kappa shape index (κ1) is 16.7. The van der Waals surface area contributed by atoms with Crippen LogP contribution in [0.4, 0.5) is 4.79 Å². The maximum absolute atomic E-state index is 11.9. The van der Waals surface area contributed by atoms with Crippen LogP contribution in [-0.2, 0) is 9.59 Å². The summed E-state index contributed by atoms with van der Waals surface area (Å²) in [6.07, 6.45) is 9.73. The molecule has 1 aliphatic heterocycles. The minimum atomic E-state index is -0.389. The third kappa shape index (κ3) is 3.43. The molecule has 0 bridgehead atoms. The van der Waals surface area contributed by atoms with Crippen molar-refractivity contribution in [3.63, 3.8) is 0 Å². The lowest BCUT2D eigenvalue weighted by atomic mass is 9.93. The molecular weight excluding hydrogens is 352 g/mol. The van der Waals surface area contributed by atoms with Crippen LogP contribution in [0.1, 0.15) is 30.4 Å². The fraction of sp³-hybridized carbons (Fsp3) is 0.211. The van der Waals surface area contributed by atoms with Gasteiger partial charge in [0.15, 0.2) is 0 Å². The molecule has 4 rings (SSSR count). The minimum absolute atomic E-state index is 0.111. The first-order valence-electron chi connectivity index (χ1n) is 8.33. The van der Waals surface area contributed by atoms with Crippen LogP contribution >= 0.6 is 11.8 Å². The van der Waals surface area contributed by atoms with Crippen LogP contribution in [0.15, 0.2) is 39.9 Å². The van der Waals surface area contributed by atoms with Crippen LogP contribution in [0.2, 0.25) is 0 Å². The average Bonchev–Trinajstić information content (AvgIpc) is 3.11. The van der Waals surface area contributed by atoms with E-state index in [9.17, 15) is 14.4 Å². The maximum atomic E-state index is 11.9. The fourth-order valence-electron chi connectivity index (χ4n) is 2.83. The van der Waals surface area contributed by atoms with E-state index >= 15 is 0 Å². The Kier molecular flexibility index (Phi) is 4.38. The molecule has 1 aromatic heterocycles. The molecule has 7 heteroatoms. The Hall–Kier alpha value is -2.80. The first-order valence-corrected chi connectivity index (χ1v) is 9.15. The number of hydrogen-bond donors (Lipinski definition) is 2. The standard InChI is InChI=1S/C19H16N2O4S/c22-17(20-13-2-1-3-13)7-5-12-10-25-15-6-4-11(8-14(12)15)9-16-18(23)21-19(24)26-16/h4-10,13H,1-3H2,(H,20,22)(H,21,23,24)/b7-5-,16-9-. The number of amides is 3. The molecule has 2 N–H and O–H groups in total. The molecule has 2 heterocycles. The number of rotatable bonds is 4. The number of thioether (sulfide) groups is 1. The number of benzene rings is 1. The van der Waals surface area contributed by atoms with E-state index in [1.54, 1.807) is 24.5 Å². The van der Waals surface area contributed by atoms with Gasteiger partial charge in [0.2, 0.25) is 5.91 Å². The predicted molar refractivity (Wildman–Crippen MR) is 100 cm³/mol. The van der Waals surface area contributed by atoms with Crippen LogP contribution < -0.4 is 10.6 Å². The molecule has 0 atom stereocenters. The highest BCUT2D eigenvalue weighted by molar-refractivity contribution is 8.18. The SMILES string of the molecule is O=C(/C=C\c1coc2ccc(/C=C3\SC(=O)NC3=O)cc12)NC1CCC1. The Balaban J connectivity index is 1.56. The van der Waals surface area contributed by atoms with Crippen molar-refractivity contribution < 1.29 is 18.8 Å². The average molecular weight is 368 g/mol. The summed E-state index contributed by atoms with van der Waals surface area (Å²) in [5.74, 6) is -0.500. The summed E-state index contributed by atoms with van der Waals surface area (Å²) in [4.78, 5) is 35.2. The minimum Gasteiger partial charge on any atom is -0.464 e. The van der Waals surface area contributed by atoms with E-state index in [-0.39, 0.29) is 17.1 Å². The molecule has 2 aromatic rings. The molecule has 1 aromatic carbocycles. The van der Waals surface area contributed by atoms with Gasteiger partial charge in [0, 0.05) is 23.1 Å². The van der Waals surface area contributed by atoms with Crippen LogP contribution in [0, 0.1) is 0 Å². The third-order valence-corrected chi connectivity index (χ3v) is 5.24. The number of fused-ring (bicyclic) bond motifs is 1. The van der Waals surface area contributed by atoms with Gasteiger partial charge in [-0.05, 0) is 60.9 Å². The highest BCUT2D eigenvalue weighted by atomic mass is 32.2. The Morgan fingerprint density at radius 1 is 1.31 bits per heavy atom. The zero-order valence-corrected chi connectivity index (χ0v) is 14.6. The van der Waals surface area contributed by atoms with Gasteiger partial charge in [-0.25, -0.2) is 0 Å². The zero-order valence-electron chi connectivity index (χ0n) is 13.8. The molecule has 26 heavy (non-hydrogen) atoms. The number of nitrogens with one attached hydrogen (secondary N) is 2. The molecule has 132 valence electrons. The van der Waals surface area contributed by atoms with Crippen molar-refractivity contribution in [2.75, 3.05) is 0 Å². The van der Waals surface area contributed by atoms with E-state index in [0.717, 1.165) is 41.1 Å². The lowest BCUT2D eigenvalue weighted by molar-refractivity contribution is -0.117. The fourth-order valence-corrected chi connectivity index (χ4v) is 3.51. The quantitative estimate of drug-likeness (QED) is 0.807. The van der Waals surface area contributed by atoms with Crippen molar-refractivity contribution in [2.24, 2.45) is 0 Å². The largest absolute Gasteiger partial charge is 0.464 e. The van der Waals surface area contributed by atoms with E-state index in [1.165, 1.54) is 12.5 Å². The lowest BCUT2D eigenvalue weighted by Crippen LogP contribution is -2.38. The summed E-state index contributed by atoms with van der Waals surface area (Å²) in [7, 11) is 0. The van der Waals surface area contributed by atoms with E-state index in [2.05, 4.69) is 10.6 Å². The number of furan rings is 1. The van der Waals surface area contributed by atoms with E-state index in [4.69, 9.17) is 4.42 Å². The predicted octanol–water partition coefficient (Wildman–Crippen LogP) is 3.44. The third-order valence-electron chi connectivity index (χ3n) is 4.43. The number of imide groups is 1. The molecule has 3 amide bonds. The Labute approximate surface area is 153 Å². The number of hydrogen-bond acceptors (Lipinski definition) is 5. The van der Waals surface area contributed by atoms with Gasteiger partial charge >= 0.3 is 0 Å². The smallest absolute Gasteiger partial charge is 0.290 e. The Bertz CT molecular complexity index is 969. The van der Waals surface area contributed by atoms with Crippen LogP contribution in [0.5, 0.6) is 0 Å². The second kappa shape index (κ2) is 6.84. The summed E-state index contributed by atoms with van der Waals surface area (Å²) >= 11 is 0.879. The Morgan fingerprint density at radius 2 is 2.15 bits per heavy atom. The molecule has 1 saturated heterocycles. The van der Waals surface area contributed by atoms with Crippen molar-refractivity contribution in [3.8, 4) is 0 Å². The summed E-state index contributed by atoms with van der Waals surface area (Å²) in [5, 5.41) is 5.65. The molecule has 2 fully saturated rings. The highest BCUT2D eigenvalue weighted by Crippen LogP contribution is 2.28. The second-order valence-corrected chi connectivity index (χ2v) is 7.28. The van der Waals surface area contributed by atoms with Gasteiger partial charge < -0.3 is 9.73 Å². The molecule has 1 aliphatic carbocycles. The summed E-state index contributed by atoms with van der Waals surface area (Å²) in [5.41, 5.74) is 2.24.